The first-order valence-electron chi connectivity index (χ1n) is 6.55. The highest BCUT2D eigenvalue weighted by molar-refractivity contribution is 6.08. The summed E-state index contributed by atoms with van der Waals surface area (Å²) in [5, 5.41) is 0. The largest absolute Gasteiger partial charge is 0.482 e. The number of allylic oxidation sites excluding steroid dienone is 6. The fourth-order valence-electron chi connectivity index (χ4n) is 2.93. The average Bonchev–Trinajstić information content (AvgIpc) is 2.46. The van der Waals surface area contributed by atoms with Crippen molar-refractivity contribution in [1.82, 2.24) is 0 Å². The molecule has 19 heavy (non-hydrogen) atoms. The van der Waals surface area contributed by atoms with Gasteiger partial charge in [0.05, 0.1) is 5.71 Å². The highest BCUT2D eigenvalue weighted by atomic mass is 16.5. The quantitative estimate of drug-likeness (QED) is 0.620. The van der Waals surface area contributed by atoms with Crippen molar-refractivity contribution in [2.75, 3.05) is 0 Å². The molecule has 1 heterocycles. The first kappa shape index (κ1) is 10.7. The van der Waals surface area contributed by atoms with Gasteiger partial charge in [0.15, 0.2) is 11.9 Å². The molecule has 0 fully saturated rings. The molecule has 0 saturated heterocycles. The first-order valence-corrected chi connectivity index (χ1v) is 6.55. The lowest BCUT2D eigenvalue weighted by molar-refractivity contribution is -0.111. The van der Waals surface area contributed by atoms with Gasteiger partial charge in [0, 0.05) is 11.6 Å². The molecule has 3 aliphatic carbocycles. The first-order chi connectivity index (χ1) is 9.33. The number of ketones is 1. The number of carbonyl (C=O) groups excluding carboxylic acids is 1. The fourth-order valence-corrected chi connectivity index (χ4v) is 2.93. The molecule has 4 rings (SSSR count). The Morgan fingerprint density at radius 2 is 2.11 bits per heavy atom. The molecule has 0 N–H and O–H groups in total. The van der Waals surface area contributed by atoms with Crippen LogP contribution in [0.3, 0.4) is 0 Å². The molecule has 2 unspecified atom stereocenters. The van der Waals surface area contributed by atoms with E-state index in [0.717, 1.165) is 29.7 Å². The van der Waals surface area contributed by atoms with Crippen molar-refractivity contribution in [1.29, 1.82) is 0 Å². The summed E-state index contributed by atoms with van der Waals surface area (Å²) in [6.07, 6.45) is 15.0. The number of aliphatic imine (C=N–C) groups is 1. The normalized spacial score (nSPS) is 31.1. The van der Waals surface area contributed by atoms with Crippen LogP contribution in [-0.4, -0.2) is 23.6 Å². The summed E-state index contributed by atoms with van der Waals surface area (Å²) in [6.45, 7) is 0. The van der Waals surface area contributed by atoms with E-state index in [1.54, 1.807) is 6.08 Å². The number of fused-ring (bicyclic) bond motifs is 3. The molecule has 0 spiro atoms. The maximum atomic E-state index is 12.1. The summed E-state index contributed by atoms with van der Waals surface area (Å²) in [6, 6.07) is -0.0972. The Kier molecular flexibility index (Phi) is 2.21. The summed E-state index contributed by atoms with van der Waals surface area (Å²) in [7, 11) is 0. The molecule has 2 atom stereocenters. The summed E-state index contributed by atoms with van der Waals surface area (Å²) in [5.41, 5.74) is 2.96. The van der Waals surface area contributed by atoms with Crippen LogP contribution in [0.4, 0.5) is 0 Å². The maximum absolute atomic E-state index is 12.1. The molecule has 0 amide bonds. The Bertz CT molecular complexity index is 644. The van der Waals surface area contributed by atoms with Crippen molar-refractivity contribution in [3.05, 3.63) is 59.4 Å². The highest BCUT2D eigenvalue weighted by Crippen LogP contribution is 2.36. The Morgan fingerprint density at radius 3 is 3.05 bits per heavy atom. The highest BCUT2D eigenvalue weighted by Gasteiger charge is 2.36. The van der Waals surface area contributed by atoms with Gasteiger partial charge in [-0.05, 0) is 30.6 Å². The summed E-state index contributed by atoms with van der Waals surface area (Å²) in [5.74, 6) is 0.785. The van der Waals surface area contributed by atoms with Crippen molar-refractivity contribution in [2.24, 2.45) is 4.99 Å². The fraction of sp³-hybridized carbons (Fsp3) is 0.250. The third-order valence-corrected chi connectivity index (χ3v) is 3.88. The van der Waals surface area contributed by atoms with E-state index < -0.39 is 0 Å². The van der Waals surface area contributed by atoms with E-state index >= 15 is 0 Å². The lowest BCUT2D eigenvalue weighted by Gasteiger charge is -2.34. The van der Waals surface area contributed by atoms with Gasteiger partial charge in [-0.3, -0.25) is 9.79 Å². The third kappa shape index (κ3) is 1.58. The lowest BCUT2D eigenvalue weighted by atomic mass is 9.83. The zero-order valence-electron chi connectivity index (χ0n) is 10.4. The van der Waals surface area contributed by atoms with Crippen molar-refractivity contribution in [3.8, 4) is 0 Å². The minimum atomic E-state index is -0.137. The van der Waals surface area contributed by atoms with Crippen LogP contribution in [0.5, 0.6) is 0 Å². The second-order valence-corrected chi connectivity index (χ2v) is 5.03. The van der Waals surface area contributed by atoms with Gasteiger partial charge < -0.3 is 4.74 Å². The van der Waals surface area contributed by atoms with E-state index in [1.165, 1.54) is 0 Å². The van der Waals surface area contributed by atoms with Gasteiger partial charge in [-0.2, -0.15) is 0 Å². The lowest BCUT2D eigenvalue weighted by Crippen LogP contribution is -2.36. The Morgan fingerprint density at radius 1 is 1.21 bits per heavy atom. The van der Waals surface area contributed by atoms with Crippen molar-refractivity contribution >= 4 is 11.5 Å². The molecule has 3 nitrogen and oxygen atoms in total. The molecular weight excluding hydrogens is 238 g/mol. The molecule has 0 aromatic rings. The van der Waals surface area contributed by atoms with Crippen LogP contribution in [0.2, 0.25) is 0 Å². The Labute approximate surface area is 111 Å². The molecule has 1 aliphatic heterocycles. The summed E-state index contributed by atoms with van der Waals surface area (Å²) < 4.78 is 5.93. The number of nitrogens with zero attached hydrogens (tertiary/aromatic N) is 1. The third-order valence-electron chi connectivity index (χ3n) is 3.88. The zero-order chi connectivity index (χ0) is 12.8. The van der Waals surface area contributed by atoms with Gasteiger partial charge in [0.25, 0.3) is 0 Å². The van der Waals surface area contributed by atoms with E-state index in [2.05, 4.69) is 12.2 Å². The van der Waals surface area contributed by atoms with Crippen LogP contribution in [0.1, 0.15) is 12.8 Å². The number of ether oxygens (including phenoxy) is 1. The minimum Gasteiger partial charge on any atom is -0.482 e. The van der Waals surface area contributed by atoms with E-state index in [4.69, 9.17) is 9.73 Å². The van der Waals surface area contributed by atoms with Gasteiger partial charge >= 0.3 is 0 Å². The smallest absolute Gasteiger partial charge is 0.185 e. The van der Waals surface area contributed by atoms with Crippen LogP contribution in [0.15, 0.2) is 64.4 Å². The molecule has 0 aromatic heterocycles. The molecule has 3 heteroatoms. The van der Waals surface area contributed by atoms with E-state index in [1.807, 2.05) is 24.3 Å². The molecule has 4 aliphatic rings. The average molecular weight is 251 g/mol. The summed E-state index contributed by atoms with van der Waals surface area (Å²) in [4.78, 5) is 16.9. The van der Waals surface area contributed by atoms with Gasteiger partial charge in [-0.25, -0.2) is 0 Å². The van der Waals surface area contributed by atoms with Crippen molar-refractivity contribution < 1.29 is 9.53 Å². The van der Waals surface area contributed by atoms with Gasteiger partial charge in [-0.1, -0.05) is 24.3 Å². The van der Waals surface area contributed by atoms with Crippen LogP contribution in [0.25, 0.3) is 0 Å². The number of carbonyl (C=O) groups is 1. The predicted molar refractivity (Wildman–Crippen MR) is 72.9 cm³/mol. The molecule has 0 bridgehead atoms. The van der Waals surface area contributed by atoms with Crippen LogP contribution >= 0.6 is 0 Å². The van der Waals surface area contributed by atoms with Crippen molar-refractivity contribution in [2.45, 2.75) is 25.0 Å². The maximum Gasteiger partial charge on any atom is 0.185 e. The topological polar surface area (TPSA) is 38.7 Å². The standard InChI is InChI=1S/C16H13NO2/c18-13-9-15-16(11-6-2-1-5-10(11)13)17-12-7-3-4-8-14(12)19-15/h1-4,7-9,14,16H,5-6H2. The van der Waals surface area contributed by atoms with Crippen LogP contribution in [-0.2, 0) is 9.53 Å². The molecule has 94 valence electrons. The molecule has 0 radical (unpaired) electrons. The van der Waals surface area contributed by atoms with Crippen LogP contribution < -0.4 is 0 Å². The van der Waals surface area contributed by atoms with Gasteiger partial charge in [0.2, 0.25) is 0 Å². The SMILES string of the molecule is O=C1C=C2OC3C=CC=CC3=NC2C2=C1CC=CC2. The zero-order valence-corrected chi connectivity index (χ0v) is 10.4. The molecule has 0 aromatic carbocycles. The molecule has 0 saturated carbocycles. The van der Waals surface area contributed by atoms with Gasteiger partial charge in [-0.15, -0.1) is 0 Å². The minimum absolute atomic E-state index is 0.0829. The monoisotopic (exact) mass is 251 g/mol. The number of rotatable bonds is 0. The Balaban J connectivity index is 1.81. The molecular formula is C16H13NO2. The summed E-state index contributed by atoms with van der Waals surface area (Å²) >= 11 is 0. The van der Waals surface area contributed by atoms with Crippen LogP contribution in [0, 0.1) is 0 Å². The Hall–Kier alpha value is -2.16. The van der Waals surface area contributed by atoms with E-state index in [9.17, 15) is 4.79 Å². The van der Waals surface area contributed by atoms with E-state index in [0.29, 0.717) is 5.76 Å². The second-order valence-electron chi connectivity index (χ2n) is 5.03. The predicted octanol–water partition coefficient (Wildman–Crippen LogP) is 2.43. The number of hydrogen-bond acceptors (Lipinski definition) is 3. The number of hydrogen-bond donors (Lipinski definition) is 0. The van der Waals surface area contributed by atoms with Crippen molar-refractivity contribution in [3.63, 3.8) is 0 Å². The second kappa shape index (κ2) is 3.92. The van der Waals surface area contributed by atoms with E-state index in [-0.39, 0.29) is 17.9 Å². The van der Waals surface area contributed by atoms with Gasteiger partial charge in [0.1, 0.15) is 11.8 Å².